The van der Waals surface area contributed by atoms with Crippen LogP contribution in [0.2, 0.25) is 0 Å². The van der Waals surface area contributed by atoms with E-state index < -0.39 is 10.0 Å². The van der Waals surface area contributed by atoms with Gasteiger partial charge in [0.25, 0.3) is 0 Å². The number of sulfonamides is 1. The zero-order valence-corrected chi connectivity index (χ0v) is 13.1. The Bertz CT molecular complexity index is 720. The topological polar surface area (TPSA) is 85.1 Å². The van der Waals surface area contributed by atoms with E-state index in [1.165, 1.54) is 0 Å². The second-order valence-electron chi connectivity index (χ2n) is 5.11. The molecule has 2 rings (SSSR count). The molecule has 1 heterocycles. The maximum atomic E-state index is 12.6. The number of nitrogens with two attached hydrogens (primary N) is 1. The lowest BCUT2D eigenvalue weighted by Crippen LogP contribution is -2.28. The van der Waals surface area contributed by atoms with Gasteiger partial charge in [0, 0.05) is 24.1 Å². The SMILES string of the molecule is Cc1cc(N)cc(C)c1S(=O)(=O)NC(C)c1cccnc1. The van der Waals surface area contributed by atoms with Gasteiger partial charge in [-0.3, -0.25) is 4.98 Å². The quantitative estimate of drug-likeness (QED) is 0.849. The monoisotopic (exact) mass is 305 g/mol. The summed E-state index contributed by atoms with van der Waals surface area (Å²) in [4.78, 5) is 4.29. The molecule has 0 bridgehead atoms. The second kappa shape index (κ2) is 5.83. The molecule has 0 amide bonds. The number of pyridine rings is 1. The van der Waals surface area contributed by atoms with Crippen molar-refractivity contribution < 1.29 is 8.42 Å². The van der Waals surface area contributed by atoms with Gasteiger partial charge in [-0.1, -0.05) is 6.07 Å². The van der Waals surface area contributed by atoms with Gasteiger partial charge in [-0.05, 0) is 55.7 Å². The van der Waals surface area contributed by atoms with Crippen LogP contribution in [0.3, 0.4) is 0 Å². The number of hydrogen-bond donors (Lipinski definition) is 2. The van der Waals surface area contributed by atoms with Gasteiger partial charge in [0.15, 0.2) is 0 Å². The minimum absolute atomic E-state index is 0.285. The zero-order chi connectivity index (χ0) is 15.6. The first-order valence-corrected chi connectivity index (χ1v) is 8.08. The Hall–Kier alpha value is -1.92. The summed E-state index contributed by atoms with van der Waals surface area (Å²) in [7, 11) is -3.62. The first-order valence-electron chi connectivity index (χ1n) is 6.60. The molecule has 0 aliphatic carbocycles. The first-order chi connectivity index (χ1) is 9.81. The molecule has 0 saturated heterocycles. The third-order valence-electron chi connectivity index (χ3n) is 3.27. The molecule has 1 aromatic heterocycles. The van der Waals surface area contributed by atoms with Crippen molar-refractivity contribution in [1.29, 1.82) is 0 Å². The lowest BCUT2D eigenvalue weighted by Gasteiger charge is -2.17. The molecule has 3 N–H and O–H groups in total. The Balaban J connectivity index is 2.36. The molecule has 2 aromatic rings. The van der Waals surface area contributed by atoms with Crippen molar-refractivity contribution >= 4 is 15.7 Å². The van der Waals surface area contributed by atoms with Crippen LogP contribution in [0, 0.1) is 13.8 Å². The van der Waals surface area contributed by atoms with Crippen molar-refractivity contribution in [3.05, 3.63) is 53.3 Å². The van der Waals surface area contributed by atoms with Gasteiger partial charge >= 0.3 is 0 Å². The summed E-state index contributed by atoms with van der Waals surface area (Å²) in [5.74, 6) is 0. The molecular formula is C15H19N3O2S. The third kappa shape index (κ3) is 3.40. The van der Waals surface area contributed by atoms with E-state index in [4.69, 9.17) is 5.73 Å². The molecule has 5 nitrogen and oxygen atoms in total. The van der Waals surface area contributed by atoms with Crippen molar-refractivity contribution in [2.24, 2.45) is 0 Å². The average molecular weight is 305 g/mol. The zero-order valence-electron chi connectivity index (χ0n) is 12.3. The largest absolute Gasteiger partial charge is 0.399 e. The molecule has 1 unspecified atom stereocenters. The van der Waals surface area contributed by atoms with E-state index in [2.05, 4.69) is 9.71 Å². The van der Waals surface area contributed by atoms with Crippen LogP contribution in [0.15, 0.2) is 41.6 Å². The van der Waals surface area contributed by atoms with Gasteiger partial charge in [-0.15, -0.1) is 0 Å². The van der Waals surface area contributed by atoms with Gasteiger partial charge in [-0.2, -0.15) is 0 Å². The van der Waals surface area contributed by atoms with Crippen LogP contribution in [0.25, 0.3) is 0 Å². The fourth-order valence-electron chi connectivity index (χ4n) is 2.40. The number of hydrogen-bond acceptors (Lipinski definition) is 4. The van der Waals surface area contributed by atoms with E-state index in [-0.39, 0.29) is 10.9 Å². The highest BCUT2D eigenvalue weighted by Crippen LogP contribution is 2.24. The second-order valence-corrected chi connectivity index (χ2v) is 6.76. The van der Waals surface area contributed by atoms with E-state index in [9.17, 15) is 8.42 Å². The molecule has 21 heavy (non-hydrogen) atoms. The summed E-state index contributed by atoms with van der Waals surface area (Å²) >= 11 is 0. The standard InChI is InChI=1S/C15H19N3O2S/c1-10-7-14(16)8-11(2)15(10)21(19,20)18-12(3)13-5-4-6-17-9-13/h4-9,12,18H,16H2,1-3H3. The lowest BCUT2D eigenvalue weighted by molar-refractivity contribution is 0.565. The summed E-state index contributed by atoms with van der Waals surface area (Å²) in [6, 6.07) is 6.58. The van der Waals surface area contributed by atoms with Crippen molar-refractivity contribution in [3.63, 3.8) is 0 Å². The first kappa shape index (κ1) is 15.5. The van der Waals surface area contributed by atoms with Crippen LogP contribution in [0.5, 0.6) is 0 Å². The van der Waals surface area contributed by atoms with Gasteiger partial charge in [0.05, 0.1) is 4.90 Å². The molecule has 1 aromatic carbocycles. The smallest absolute Gasteiger partial charge is 0.241 e. The Labute approximate surface area is 125 Å². The molecule has 1 atom stereocenters. The fraction of sp³-hybridized carbons (Fsp3) is 0.267. The molecular weight excluding hydrogens is 286 g/mol. The highest BCUT2D eigenvalue weighted by molar-refractivity contribution is 7.89. The normalized spacial score (nSPS) is 13.1. The summed E-state index contributed by atoms with van der Waals surface area (Å²) in [6.07, 6.45) is 3.30. The number of anilines is 1. The summed E-state index contributed by atoms with van der Waals surface area (Å²) < 4.78 is 27.9. The maximum absolute atomic E-state index is 12.6. The summed E-state index contributed by atoms with van der Waals surface area (Å²) in [6.45, 7) is 5.27. The van der Waals surface area contributed by atoms with E-state index >= 15 is 0 Å². The van der Waals surface area contributed by atoms with Crippen LogP contribution >= 0.6 is 0 Å². The minimum Gasteiger partial charge on any atom is -0.399 e. The van der Waals surface area contributed by atoms with Crippen molar-refractivity contribution in [1.82, 2.24) is 9.71 Å². The minimum atomic E-state index is -3.62. The van der Waals surface area contributed by atoms with E-state index in [1.807, 2.05) is 6.07 Å². The van der Waals surface area contributed by atoms with Gasteiger partial charge < -0.3 is 5.73 Å². The number of nitrogens with zero attached hydrogens (tertiary/aromatic N) is 1. The number of aromatic nitrogens is 1. The van der Waals surface area contributed by atoms with Crippen LogP contribution in [-0.2, 0) is 10.0 Å². The number of benzene rings is 1. The highest BCUT2D eigenvalue weighted by Gasteiger charge is 2.22. The van der Waals surface area contributed by atoms with Crippen LogP contribution < -0.4 is 10.5 Å². The van der Waals surface area contributed by atoms with Crippen molar-refractivity contribution in [2.45, 2.75) is 31.7 Å². The predicted molar refractivity (Wildman–Crippen MR) is 83.3 cm³/mol. The Morgan fingerprint density at radius 1 is 1.24 bits per heavy atom. The number of aryl methyl sites for hydroxylation is 2. The van der Waals surface area contributed by atoms with Crippen LogP contribution in [-0.4, -0.2) is 13.4 Å². The molecule has 0 saturated carbocycles. The predicted octanol–water partition coefficient (Wildman–Crippen LogP) is 2.32. The van der Waals surface area contributed by atoms with Gasteiger partial charge in [0.1, 0.15) is 0 Å². The molecule has 112 valence electrons. The Morgan fingerprint density at radius 3 is 2.38 bits per heavy atom. The van der Waals surface area contributed by atoms with Crippen molar-refractivity contribution in [2.75, 3.05) is 5.73 Å². The molecule has 0 spiro atoms. The number of nitrogen functional groups attached to an aromatic ring is 1. The van der Waals surface area contributed by atoms with E-state index in [1.54, 1.807) is 51.4 Å². The molecule has 0 radical (unpaired) electrons. The molecule has 0 fully saturated rings. The van der Waals surface area contributed by atoms with Crippen molar-refractivity contribution in [3.8, 4) is 0 Å². The van der Waals surface area contributed by atoms with Crippen LogP contribution in [0.1, 0.15) is 29.7 Å². The summed E-state index contributed by atoms with van der Waals surface area (Å²) in [5.41, 5.74) is 8.39. The van der Waals surface area contributed by atoms with Crippen LogP contribution in [0.4, 0.5) is 5.69 Å². The molecule has 6 heteroatoms. The average Bonchev–Trinajstić information content (AvgIpc) is 2.37. The maximum Gasteiger partial charge on any atom is 0.241 e. The Kier molecular flexibility index (Phi) is 4.29. The number of nitrogens with one attached hydrogen (secondary N) is 1. The van der Waals surface area contributed by atoms with Gasteiger partial charge in [-0.25, -0.2) is 13.1 Å². The fourth-order valence-corrected chi connectivity index (χ4v) is 4.08. The Morgan fingerprint density at radius 2 is 1.86 bits per heavy atom. The number of rotatable bonds is 4. The highest BCUT2D eigenvalue weighted by atomic mass is 32.2. The van der Waals surface area contributed by atoms with Gasteiger partial charge in [0.2, 0.25) is 10.0 Å². The third-order valence-corrected chi connectivity index (χ3v) is 5.11. The summed E-state index contributed by atoms with van der Waals surface area (Å²) in [5, 5.41) is 0. The molecule has 0 aliphatic heterocycles. The lowest BCUT2D eigenvalue weighted by atomic mass is 10.1. The van der Waals surface area contributed by atoms with E-state index in [0.29, 0.717) is 16.8 Å². The molecule has 0 aliphatic rings. The van der Waals surface area contributed by atoms with E-state index in [0.717, 1.165) is 5.56 Å².